The first-order chi connectivity index (χ1) is 17.3. The first-order valence-electron chi connectivity index (χ1n) is 11.7. The van der Waals surface area contributed by atoms with E-state index in [9.17, 15) is 14.0 Å². The zero-order valence-corrected chi connectivity index (χ0v) is 22.6. The van der Waals surface area contributed by atoms with Crippen LogP contribution in [0.2, 0.25) is 5.02 Å². The molecular weight excluding hydrogens is 547 g/mol. The highest BCUT2D eigenvalue weighted by atomic mass is 79.9. The molecule has 0 spiro atoms. The van der Waals surface area contributed by atoms with Crippen molar-refractivity contribution >= 4 is 39.3 Å². The number of nitrogens with zero attached hydrogens (tertiary/aromatic N) is 1. The van der Waals surface area contributed by atoms with Gasteiger partial charge in [-0.2, -0.15) is 0 Å². The van der Waals surface area contributed by atoms with Gasteiger partial charge in [0.25, 0.3) is 5.91 Å². The van der Waals surface area contributed by atoms with Gasteiger partial charge >= 0.3 is 0 Å². The van der Waals surface area contributed by atoms with Crippen molar-refractivity contribution in [2.24, 2.45) is 0 Å². The number of rotatable bonds is 11. The molecule has 0 aliphatic carbocycles. The van der Waals surface area contributed by atoms with Crippen molar-refractivity contribution < 1.29 is 18.7 Å². The van der Waals surface area contributed by atoms with Crippen LogP contribution in [-0.2, 0) is 22.6 Å². The fourth-order valence-corrected chi connectivity index (χ4v) is 4.32. The lowest BCUT2D eigenvalue weighted by Gasteiger charge is -2.32. The molecule has 3 aromatic rings. The van der Waals surface area contributed by atoms with E-state index >= 15 is 0 Å². The van der Waals surface area contributed by atoms with Crippen LogP contribution in [0.5, 0.6) is 5.75 Å². The fourth-order valence-electron chi connectivity index (χ4n) is 3.60. The van der Waals surface area contributed by atoms with E-state index < -0.39 is 11.9 Å². The van der Waals surface area contributed by atoms with E-state index in [1.165, 1.54) is 17.0 Å². The van der Waals surface area contributed by atoms with Crippen molar-refractivity contribution in [3.05, 3.63) is 99.2 Å². The lowest BCUT2D eigenvalue weighted by molar-refractivity contribution is -0.143. The molecule has 0 saturated heterocycles. The van der Waals surface area contributed by atoms with Crippen molar-refractivity contribution in [3.63, 3.8) is 0 Å². The molecule has 0 saturated carbocycles. The maximum absolute atomic E-state index is 13.6. The second-order valence-electron chi connectivity index (χ2n) is 8.53. The Balaban J connectivity index is 1.91. The Labute approximate surface area is 224 Å². The van der Waals surface area contributed by atoms with E-state index in [2.05, 4.69) is 21.2 Å². The predicted octanol–water partition coefficient (Wildman–Crippen LogP) is 6.18. The first-order valence-corrected chi connectivity index (χ1v) is 12.9. The zero-order valence-electron chi connectivity index (χ0n) is 20.2. The normalized spacial score (nSPS) is 12.5. The number of ether oxygens (including phenoxy) is 1. The Hall–Kier alpha value is -2.90. The molecule has 1 N–H and O–H groups in total. The van der Waals surface area contributed by atoms with Gasteiger partial charge in [-0.05, 0) is 54.8 Å². The van der Waals surface area contributed by atoms with Gasteiger partial charge in [0, 0.05) is 23.5 Å². The van der Waals surface area contributed by atoms with Crippen molar-refractivity contribution in [1.29, 1.82) is 0 Å². The van der Waals surface area contributed by atoms with E-state index in [-0.39, 0.29) is 30.9 Å². The summed E-state index contributed by atoms with van der Waals surface area (Å²) in [6.07, 6.45) is 1.07. The quantitative estimate of drug-likeness (QED) is 0.297. The molecule has 0 heterocycles. The highest BCUT2D eigenvalue weighted by molar-refractivity contribution is 9.10. The molecule has 0 unspecified atom stereocenters. The van der Waals surface area contributed by atoms with Crippen LogP contribution in [0.15, 0.2) is 77.3 Å². The minimum Gasteiger partial charge on any atom is -0.482 e. The summed E-state index contributed by atoms with van der Waals surface area (Å²) >= 11 is 9.60. The van der Waals surface area contributed by atoms with Crippen LogP contribution in [0.25, 0.3) is 0 Å². The number of carbonyl (C=O) groups excluding carboxylic acids is 2. The summed E-state index contributed by atoms with van der Waals surface area (Å²) in [5, 5.41) is 3.37. The SMILES string of the molecule is CC[C@@H](C)NC(=O)[C@@H](Cc1ccccc1)N(Cc1ccc(F)cc1)C(=O)COc1ccc(Br)cc1Cl. The number of benzene rings is 3. The zero-order chi connectivity index (χ0) is 26.1. The number of hydrogen-bond acceptors (Lipinski definition) is 3. The Bertz CT molecular complexity index is 1160. The highest BCUT2D eigenvalue weighted by Crippen LogP contribution is 2.28. The maximum atomic E-state index is 13.6. The number of halogens is 3. The largest absolute Gasteiger partial charge is 0.482 e. The highest BCUT2D eigenvalue weighted by Gasteiger charge is 2.31. The summed E-state index contributed by atoms with van der Waals surface area (Å²) in [6.45, 7) is 3.70. The molecule has 0 fully saturated rings. The third kappa shape index (κ3) is 8.07. The Morgan fingerprint density at radius 2 is 1.75 bits per heavy atom. The van der Waals surface area contributed by atoms with Crippen LogP contribution < -0.4 is 10.1 Å². The van der Waals surface area contributed by atoms with E-state index in [0.717, 1.165) is 16.5 Å². The van der Waals surface area contributed by atoms with Gasteiger partial charge in [0.15, 0.2) is 6.61 Å². The summed E-state index contributed by atoms with van der Waals surface area (Å²) in [5.74, 6) is -0.664. The summed E-state index contributed by atoms with van der Waals surface area (Å²) < 4.78 is 20.1. The van der Waals surface area contributed by atoms with Gasteiger partial charge in [-0.3, -0.25) is 9.59 Å². The van der Waals surface area contributed by atoms with Crippen molar-refractivity contribution in [3.8, 4) is 5.75 Å². The summed E-state index contributed by atoms with van der Waals surface area (Å²) in [6, 6.07) is 19.6. The van der Waals surface area contributed by atoms with Crippen LogP contribution in [-0.4, -0.2) is 35.4 Å². The van der Waals surface area contributed by atoms with Gasteiger partial charge in [-0.15, -0.1) is 0 Å². The Morgan fingerprint density at radius 3 is 2.39 bits per heavy atom. The summed E-state index contributed by atoms with van der Waals surface area (Å²) in [4.78, 5) is 28.5. The van der Waals surface area contributed by atoms with Crippen molar-refractivity contribution in [1.82, 2.24) is 10.2 Å². The number of carbonyl (C=O) groups is 2. The molecule has 5 nitrogen and oxygen atoms in total. The van der Waals surface area contributed by atoms with Gasteiger partial charge in [0.2, 0.25) is 5.91 Å². The third-order valence-corrected chi connectivity index (χ3v) is 6.57. The van der Waals surface area contributed by atoms with Gasteiger partial charge in [0.05, 0.1) is 5.02 Å². The monoisotopic (exact) mass is 574 g/mol. The van der Waals surface area contributed by atoms with Crippen LogP contribution in [0.3, 0.4) is 0 Å². The predicted molar refractivity (Wildman–Crippen MR) is 143 cm³/mol. The van der Waals surface area contributed by atoms with Gasteiger partial charge < -0.3 is 15.0 Å². The minimum atomic E-state index is -0.803. The average Bonchev–Trinajstić information content (AvgIpc) is 2.87. The summed E-state index contributed by atoms with van der Waals surface area (Å²) in [5.41, 5.74) is 1.61. The molecular formula is C28H29BrClFN2O3. The molecule has 0 aromatic heterocycles. The fraction of sp³-hybridized carbons (Fsp3) is 0.286. The maximum Gasteiger partial charge on any atom is 0.261 e. The standard InChI is InChI=1S/C28H29BrClFN2O3/c1-3-19(2)32-28(35)25(15-20-7-5-4-6-8-20)33(17-21-9-12-23(31)13-10-21)27(34)18-36-26-14-11-22(29)16-24(26)30/h4-14,16,19,25H,3,15,17-18H2,1-2H3,(H,32,35)/t19-,25-/m1/s1. The van der Waals surface area contributed by atoms with Crippen LogP contribution in [0.1, 0.15) is 31.4 Å². The van der Waals surface area contributed by atoms with E-state index in [4.69, 9.17) is 16.3 Å². The molecule has 3 rings (SSSR count). The molecule has 190 valence electrons. The average molecular weight is 576 g/mol. The number of nitrogens with one attached hydrogen (secondary N) is 1. The Kier molecular flexibility index (Phi) is 10.3. The third-order valence-electron chi connectivity index (χ3n) is 5.78. The first kappa shape index (κ1) is 27.7. The number of amides is 2. The molecule has 0 radical (unpaired) electrons. The lowest BCUT2D eigenvalue weighted by atomic mass is 10.0. The second kappa shape index (κ2) is 13.4. The Morgan fingerprint density at radius 1 is 1.06 bits per heavy atom. The van der Waals surface area contributed by atoms with E-state index in [0.29, 0.717) is 22.8 Å². The van der Waals surface area contributed by atoms with Gasteiger partial charge in [0.1, 0.15) is 17.6 Å². The molecule has 2 amide bonds. The molecule has 3 aromatic carbocycles. The minimum absolute atomic E-state index is 0.0589. The second-order valence-corrected chi connectivity index (χ2v) is 9.86. The summed E-state index contributed by atoms with van der Waals surface area (Å²) in [7, 11) is 0. The smallest absolute Gasteiger partial charge is 0.261 e. The molecule has 0 aliphatic heterocycles. The molecule has 0 bridgehead atoms. The van der Waals surface area contributed by atoms with Crippen molar-refractivity contribution in [2.45, 2.75) is 45.3 Å². The molecule has 0 aliphatic rings. The van der Waals surface area contributed by atoms with Gasteiger partial charge in [-0.1, -0.05) is 76.9 Å². The topological polar surface area (TPSA) is 58.6 Å². The van der Waals surface area contributed by atoms with Crippen LogP contribution in [0, 0.1) is 5.82 Å². The number of hydrogen-bond donors (Lipinski definition) is 1. The van der Waals surface area contributed by atoms with E-state index in [1.54, 1.807) is 30.3 Å². The van der Waals surface area contributed by atoms with Crippen LogP contribution in [0.4, 0.5) is 4.39 Å². The molecule has 8 heteroatoms. The lowest BCUT2D eigenvalue weighted by Crippen LogP contribution is -2.53. The van der Waals surface area contributed by atoms with E-state index in [1.807, 2.05) is 44.2 Å². The molecule has 2 atom stereocenters. The van der Waals surface area contributed by atoms with Crippen molar-refractivity contribution in [2.75, 3.05) is 6.61 Å². The molecule has 36 heavy (non-hydrogen) atoms. The van der Waals surface area contributed by atoms with Crippen LogP contribution >= 0.6 is 27.5 Å². The van der Waals surface area contributed by atoms with Gasteiger partial charge in [-0.25, -0.2) is 4.39 Å².